The van der Waals surface area contributed by atoms with E-state index in [1.807, 2.05) is 157 Å². The number of fused-ring (bicyclic) bond motifs is 2. The quantitative estimate of drug-likeness (QED) is 0.153. The summed E-state index contributed by atoms with van der Waals surface area (Å²) in [6, 6.07) is 37.8. The van der Waals surface area contributed by atoms with E-state index in [1.165, 1.54) is 0 Å². The monoisotopic (exact) mass is 786 g/mol. The molecule has 0 bridgehead atoms. The second-order valence-corrected chi connectivity index (χ2v) is 22.7. The molecule has 0 N–H and O–H groups in total. The van der Waals surface area contributed by atoms with Gasteiger partial charge in [-0.05, 0) is 56.9 Å². The molecule has 2 aliphatic heterocycles. The van der Waals surface area contributed by atoms with Gasteiger partial charge in [-0.1, -0.05) is 133 Å². The normalized spacial score (nSPS) is 19.1. The summed E-state index contributed by atoms with van der Waals surface area (Å²) < 4.78 is 52.5. The first-order valence-corrected chi connectivity index (χ1v) is 21.6. The van der Waals surface area contributed by atoms with Crippen molar-refractivity contribution in [1.82, 2.24) is 0 Å². The molecule has 0 aliphatic carbocycles. The molecule has 0 radical (unpaired) electrons. The number of rotatable bonds is 7. The molecule has 0 spiro atoms. The lowest BCUT2D eigenvalue weighted by Gasteiger charge is -2.27. The van der Waals surface area contributed by atoms with Crippen molar-refractivity contribution in [3.8, 4) is 34.1 Å². The van der Waals surface area contributed by atoms with E-state index in [1.54, 1.807) is 0 Å². The van der Waals surface area contributed by atoms with Gasteiger partial charge in [0.1, 0.15) is 54.2 Å². The summed E-state index contributed by atoms with van der Waals surface area (Å²) in [5.41, 5.74) is 4.17. The number of hydrogen-bond acceptors (Lipinski definition) is 6. The maximum absolute atomic E-state index is 14.1. The zero-order valence-electron chi connectivity index (χ0n) is 30.0. The Hall–Kier alpha value is -3.76. The van der Waals surface area contributed by atoms with Crippen LogP contribution in [0.4, 0.5) is 0 Å². The molecule has 0 saturated carbocycles. The lowest BCUT2D eigenvalue weighted by molar-refractivity contribution is 0.307. The molecule has 0 aromatic heterocycles. The highest BCUT2D eigenvalue weighted by Gasteiger charge is 2.49. The van der Waals surface area contributed by atoms with E-state index in [0.29, 0.717) is 36.2 Å². The van der Waals surface area contributed by atoms with Crippen molar-refractivity contribution in [3.05, 3.63) is 131 Å². The third kappa shape index (κ3) is 7.45. The molecule has 0 amide bonds. The maximum atomic E-state index is 14.1. The number of halogens is 1. The Bertz CT molecular complexity index is 2090. The Morgan fingerprint density at radius 1 is 0.569 bits per heavy atom. The van der Waals surface area contributed by atoms with E-state index in [-0.39, 0.29) is 17.9 Å². The minimum Gasteiger partial charge on any atom is -0.488 e. The van der Waals surface area contributed by atoms with Gasteiger partial charge in [0.2, 0.25) is 0 Å². The second-order valence-electron chi connectivity index (χ2n) is 14.8. The van der Waals surface area contributed by atoms with Crippen LogP contribution in [0.2, 0.25) is 0 Å². The molecular formula is C42H45BrO6P2. The minimum atomic E-state index is -2.80. The minimum absolute atomic E-state index is 0.220. The van der Waals surface area contributed by atoms with Gasteiger partial charge >= 0.3 is 0 Å². The van der Waals surface area contributed by atoms with Crippen molar-refractivity contribution >= 4 is 40.8 Å². The van der Waals surface area contributed by atoms with E-state index in [0.717, 1.165) is 37.3 Å². The molecule has 0 unspecified atom stereocenters. The fraction of sp³-hybridized carbons (Fsp3) is 0.286. The predicted molar refractivity (Wildman–Crippen MR) is 213 cm³/mol. The van der Waals surface area contributed by atoms with E-state index < -0.39 is 19.4 Å². The molecule has 51 heavy (non-hydrogen) atoms. The first-order chi connectivity index (χ1) is 24.2. The number of hydrogen-bond donors (Lipinski definition) is 0. The summed E-state index contributed by atoms with van der Waals surface area (Å²) in [6.07, 6.45) is 0.452. The lowest BCUT2D eigenvalue weighted by atomic mass is 10.0. The van der Waals surface area contributed by atoms with Gasteiger partial charge in [0.25, 0.3) is 0 Å². The average molecular weight is 788 g/mol. The number of benzene rings is 5. The van der Waals surface area contributed by atoms with Crippen molar-refractivity contribution < 1.29 is 28.1 Å². The Balaban J connectivity index is 0.000000179. The summed E-state index contributed by atoms with van der Waals surface area (Å²) in [6.45, 7) is 12.9. The molecule has 7 rings (SSSR count). The van der Waals surface area contributed by atoms with Gasteiger partial charge in [-0.3, -0.25) is 0 Å². The molecule has 0 saturated heterocycles. The van der Waals surface area contributed by atoms with Crippen molar-refractivity contribution in [2.45, 2.75) is 65.1 Å². The molecule has 6 nitrogen and oxygen atoms in total. The highest BCUT2D eigenvalue weighted by Crippen LogP contribution is 2.65. The molecule has 0 fully saturated rings. The van der Waals surface area contributed by atoms with Crippen molar-refractivity contribution in [1.29, 1.82) is 0 Å². The zero-order chi connectivity index (χ0) is 36.4. The first kappa shape index (κ1) is 37.0. The van der Waals surface area contributed by atoms with Crippen LogP contribution in [0.1, 0.15) is 52.7 Å². The molecular weight excluding hydrogens is 742 g/mol. The maximum Gasteiger partial charge on any atom is 0.163 e. The SMILES string of the molecule is CC(C)(C)[P@@]1(=O)COc2c(-c3ccccc3)ccc(OCc3ccccc3)c21.CC(C)(C)[P@@]1(=O)COc2c(Br)ccc(OCc3ccccc3)c21. The van der Waals surface area contributed by atoms with Crippen LogP contribution in [-0.2, 0) is 22.3 Å². The van der Waals surface area contributed by atoms with Crippen LogP contribution in [0, 0.1) is 0 Å². The van der Waals surface area contributed by atoms with Crippen molar-refractivity contribution in [2.24, 2.45) is 0 Å². The largest absolute Gasteiger partial charge is 0.488 e. The van der Waals surface area contributed by atoms with Crippen molar-refractivity contribution in [3.63, 3.8) is 0 Å². The average Bonchev–Trinajstić information content (AvgIpc) is 3.69. The zero-order valence-corrected chi connectivity index (χ0v) is 33.4. The van der Waals surface area contributed by atoms with Crippen LogP contribution in [0.25, 0.3) is 11.1 Å². The Labute approximate surface area is 310 Å². The van der Waals surface area contributed by atoms with Gasteiger partial charge in [0.15, 0.2) is 14.3 Å². The fourth-order valence-corrected chi connectivity index (χ4v) is 11.7. The van der Waals surface area contributed by atoms with Crippen LogP contribution in [0.5, 0.6) is 23.0 Å². The van der Waals surface area contributed by atoms with E-state index >= 15 is 0 Å². The summed E-state index contributed by atoms with van der Waals surface area (Å²) in [4.78, 5) is 0. The van der Waals surface area contributed by atoms with Crippen molar-refractivity contribution in [2.75, 3.05) is 12.7 Å². The summed E-state index contributed by atoms with van der Waals surface area (Å²) >= 11 is 3.49. The van der Waals surface area contributed by atoms with E-state index in [9.17, 15) is 9.13 Å². The van der Waals surface area contributed by atoms with Gasteiger partial charge < -0.3 is 28.1 Å². The molecule has 9 heteroatoms. The van der Waals surface area contributed by atoms with Gasteiger partial charge in [0, 0.05) is 15.9 Å². The topological polar surface area (TPSA) is 71.1 Å². The summed E-state index contributed by atoms with van der Waals surface area (Å²) in [5, 5.41) is 0.704. The van der Waals surface area contributed by atoms with Crippen LogP contribution in [0.3, 0.4) is 0 Å². The van der Waals surface area contributed by atoms with Crippen LogP contribution in [0.15, 0.2) is 120 Å². The summed E-state index contributed by atoms with van der Waals surface area (Å²) in [7, 11) is -5.50. The highest BCUT2D eigenvalue weighted by atomic mass is 79.9. The smallest absolute Gasteiger partial charge is 0.163 e. The van der Waals surface area contributed by atoms with Gasteiger partial charge in [-0.15, -0.1) is 0 Å². The Morgan fingerprint density at radius 3 is 1.45 bits per heavy atom. The van der Waals surface area contributed by atoms with E-state index in [2.05, 4.69) is 15.9 Å². The molecule has 5 aromatic rings. The third-order valence-electron chi connectivity index (χ3n) is 9.37. The molecule has 2 aliphatic rings. The van der Waals surface area contributed by atoms with Gasteiger partial charge in [0.05, 0.1) is 9.78 Å². The molecule has 5 aromatic carbocycles. The lowest BCUT2D eigenvalue weighted by Crippen LogP contribution is -2.23. The predicted octanol–water partition coefficient (Wildman–Crippen LogP) is 11.2. The fourth-order valence-electron chi connectivity index (χ4n) is 6.10. The van der Waals surface area contributed by atoms with Crippen LogP contribution < -0.4 is 29.6 Å². The van der Waals surface area contributed by atoms with Crippen LogP contribution >= 0.6 is 30.2 Å². The molecule has 2 heterocycles. The number of ether oxygens (including phenoxy) is 4. The van der Waals surface area contributed by atoms with E-state index in [4.69, 9.17) is 18.9 Å². The van der Waals surface area contributed by atoms with Gasteiger partial charge in [-0.2, -0.15) is 0 Å². The highest BCUT2D eigenvalue weighted by molar-refractivity contribution is 9.10. The molecule has 266 valence electrons. The third-order valence-corrected chi connectivity index (χ3v) is 17.6. The molecule has 2 atom stereocenters. The summed E-state index contributed by atoms with van der Waals surface area (Å²) in [5.74, 6) is 2.68. The second kappa shape index (κ2) is 14.7. The standard InChI is InChI=1S/C24H25O3P.C18H20BrO3P/c1-24(2,3)28(25)17-27-22-20(19-12-8-5-9-13-19)14-15-21(23(22)28)26-16-18-10-6-4-7-11-18;1-18(2,3)23(20)12-22-16-14(19)9-10-15(17(16)23)21-11-13-7-5-4-6-8-13/h4-15H,16-17H2,1-3H3;4-10H,11-12H2,1-3H3/t28-;23-/m11/s1. The Morgan fingerprint density at radius 2 is 0.980 bits per heavy atom. The Kier molecular flexibility index (Phi) is 10.7. The van der Waals surface area contributed by atoms with Gasteiger partial charge in [-0.25, -0.2) is 0 Å². The van der Waals surface area contributed by atoms with Crippen LogP contribution in [-0.4, -0.2) is 23.0 Å². The first-order valence-electron chi connectivity index (χ1n) is 17.1.